The molecular formula is C15H22N2O2S. The van der Waals surface area contributed by atoms with Crippen LogP contribution in [-0.4, -0.2) is 29.8 Å². The molecule has 4 nitrogen and oxygen atoms in total. The molecule has 1 aliphatic heterocycles. The van der Waals surface area contributed by atoms with Gasteiger partial charge in [-0.1, -0.05) is 13.3 Å². The standard InChI is InChI=1S/C15H22N2O2S/c1-3-6-15(14(16)19)7-9-17(10-8-15)13(18)12-5-4-11(2)20-12/h4-5H,3,6-10H2,1-2H3,(H2,16,19). The number of amides is 2. The van der Waals surface area contributed by atoms with Crippen molar-refractivity contribution in [3.05, 3.63) is 21.9 Å². The summed E-state index contributed by atoms with van der Waals surface area (Å²) in [4.78, 5) is 27.9. The maximum Gasteiger partial charge on any atom is 0.263 e. The van der Waals surface area contributed by atoms with Gasteiger partial charge in [0.25, 0.3) is 5.91 Å². The third-order valence-electron chi connectivity index (χ3n) is 4.21. The van der Waals surface area contributed by atoms with Gasteiger partial charge in [-0.15, -0.1) is 11.3 Å². The SMILES string of the molecule is CCCC1(C(N)=O)CCN(C(=O)c2ccc(C)s2)CC1. The average molecular weight is 294 g/mol. The Morgan fingerprint density at radius 3 is 2.45 bits per heavy atom. The van der Waals surface area contributed by atoms with E-state index in [0.717, 1.165) is 22.6 Å². The fraction of sp³-hybridized carbons (Fsp3) is 0.600. The fourth-order valence-electron chi connectivity index (χ4n) is 2.94. The highest BCUT2D eigenvalue weighted by Crippen LogP contribution is 2.36. The second-order valence-electron chi connectivity index (χ2n) is 5.60. The van der Waals surface area contributed by atoms with Gasteiger partial charge in [-0.2, -0.15) is 0 Å². The van der Waals surface area contributed by atoms with Crippen LogP contribution in [0.2, 0.25) is 0 Å². The summed E-state index contributed by atoms with van der Waals surface area (Å²) in [6.07, 6.45) is 3.14. The molecule has 0 saturated carbocycles. The van der Waals surface area contributed by atoms with E-state index in [1.54, 1.807) is 0 Å². The van der Waals surface area contributed by atoms with E-state index in [-0.39, 0.29) is 11.8 Å². The predicted molar refractivity (Wildman–Crippen MR) is 80.7 cm³/mol. The highest BCUT2D eigenvalue weighted by molar-refractivity contribution is 7.13. The summed E-state index contributed by atoms with van der Waals surface area (Å²) in [5, 5.41) is 0. The van der Waals surface area contributed by atoms with Crippen molar-refractivity contribution in [1.82, 2.24) is 4.90 Å². The van der Waals surface area contributed by atoms with E-state index in [9.17, 15) is 9.59 Å². The maximum atomic E-state index is 12.4. The van der Waals surface area contributed by atoms with Crippen molar-refractivity contribution in [2.75, 3.05) is 13.1 Å². The van der Waals surface area contributed by atoms with Crippen molar-refractivity contribution < 1.29 is 9.59 Å². The van der Waals surface area contributed by atoms with E-state index in [0.29, 0.717) is 25.9 Å². The maximum absolute atomic E-state index is 12.4. The molecule has 2 rings (SSSR count). The van der Waals surface area contributed by atoms with Crippen molar-refractivity contribution >= 4 is 23.2 Å². The van der Waals surface area contributed by atoms with Crippen LogP contribution >= 0.6 is 11.3 Å². The molecule has 110 valence electrons. The van der Waals surface area contributed by atoms with E-state index in [2.05, 4.69) is 6.92 Å². The van der Waals surface area contributed by atoms with Crippen LogP contribution in [0.5, 0.6) is 0 Å². The normalized spacial score (nSPS) is 18.0. The second-order valence-corrected chi connectivity index (χ2v) is 6.88. The first-order valence-corrected chi connectivity index (χ1v) is 7.96. The van der Waals surface area contributed by atoms with Crippen LogP contribution in [0.4, 0.5) is 0 Å². The Labute approximate surface area is 124 Å². The fourth-order valence-corrected chi connectivity index (χ4v) is 3.78. The van der Waals surface area contributed by atoms with E-state index >= 15 is 0 Å². The molecule has 0 unspecified atom stereocenters. The van der Waals surface area contributed by atoms with Crippen molar-refractivity contribution in [1.29, 1.82) is 0 Å². The molecule has 0 atom stereocenters. The minimum absolute atomic E-state index is 0.0812. The summed E-state index contributed by atoms with van der Waals surface area (Å²) < 4.78 is 0. The number of hydrogen-bond donors (Lipinski definition) is 1. The van der Waals surface area contributed by atoms with Gasteiger partial charge in [-0.3, -0.25) is 9.59 Å². The topological polar surface area (TPSA) is 63.4 Å². The number of nitrogens with zero attached hydrogens (tertiary/aromatic N) is 1. The lowest BCUT2D eigenvalue weighted by atomic mass is 9.74. The van der Waals surface area contributed by atoms with Gasteiger partial charge < -0.3 is 10.6 Å². The van der Waals surface area contributed by atoms with Gasteiger partial charge in [-0.25, -0.2) is 0 Å². The number of carbonyl (C=O) groups is 2. The summed E-state index contributed by atoms with van der Waals surface area (Å²) >= 11 is 1.52. The molecule has 1 fully saturated rings. The highest BCUT2D eigenvalue weighted by Gasteiger charge is 2.40. The molecule has 0 radical (unpaired) electrons. The van der Waals surface area contributed by atoms with Gasteiger partial charge in [0.05, 0.1) is 10.3 Å². The summed E-state index contributed by atoms with van der Waals surface area (Å²) in [5.74, 6) is -0.129. The Kier molecular flexibility index (Phi) is 4.48. The van der Waals surface area contributed by atoms with Crippen molar-refractivity contribution in [3.8, 4) is 0 Å². The predicted octanol–water partition coefficient (Wildman–Crippen LogP) is 2.56. The molecule has 5 heteroatoms. The van der Waals surface area contributed by atoms with Gasteiger partial charge in [0.1, 0.15) is 0 Å². The number of aryl methyl sites for hydroxylation is 1. The Bertz CT molecular complexity index is 502. The van der Waals surface area contributed by atoms with Gasteiger partial charge in [0.15, 0.2) is 0 Å². The molecule has 2 heterocycles. The lowest BCUT2D eigenvalue weighted by Crippen LogP contribution is -2.48. The van der Waals surface area contributed by atoms with Crippen LogP contribution in [0.25, 0.3) is 0 Å². The monoisotopic (exact) mass is 294 g/mol. The third kappa shape index (κ3) is 2.87. The minimum Gasteiger partial charge on any atom is -0.369 e. The molecule has 1 aromatic heterocycles. The zero-order chi connectivity index (χ0) is 14.8. The number of primary amides is 1. The van der Waals surface area contributed by atoms with E-state index < -0.39 is 5.41 Å². The zero-order valence-corrected chi connectivity index (χ0v) is 13.0. The molecule has 0 bridgehead atoms. The Hall–Kier alpha value is -1.36. The molecule has 1 aliphatic rings. The van der Waals surface area contributed by atoms with E-state index in [4.69, 9.17) is 5.73 Å². The quantitative estimate of drug-likeness (QED) is 0.927. The summed E-state index contributed by atoms with van der Waals surface area (Å²) in [7, 11) is 0. The van der Waals surface area contributed by atoms with Gasteiger partial charge in [0, 0.05) is 18.0 Å². The van der Waals surface area contributed by atoms with E-state index in [1.165, 1.54) is 11.3 Å². The first kappa shape index (κ1) is 15.0. The number of thiophene rings is 1. The second kappa shape index (κ2) is 5.95. The molecule has 0 spiro atoms. The highest BCUT2D eigenvalue weighted by atomic mass is 32.1. The van der Waals surface area contributed by atoms with Crippen LogP contribution in [0.3, 0.4) is 0 Å². The number of rotatable bonds is 4. The largest absolute Gasteiger partial charge is 0.369 e. The smallest absolute Gasteiger partial charge is 0.263 e. The minimum atomic E-state index is -0.406. The van der Waals surface area contributed by atoms with Crippen LogP contribution in [-0.2, 0) is 4.79 Å². The molecular weight excluding hydrogens is 272 g/mol. The summed E-state index contributed by atoms with van der Waals surface area (Å²) in [6.45, 7) is 5.31. The number of carbonyl (C=O) groups excluding carboxylic acids is 2. The average Bonchev–Trinajstić information content (AvgIpc) is 2.85. The van der Waals surface area contributed by atoms with Crippen LogP contribution in [0.1, 0.15) is 47.2 Å². The zero-order valence-electron chi connectivity index (χ0n) is 12.1. The molecule has 2 amide bonds. The van der Waals surface area contributed by atoms with Crippen molar-refractivity contribution in [2.24, 2.45) is 11.1 Å². The first-order chi connectivity index (χ1) is 9.48. The number of hydrogen-bond acceptors (Lipinski definition) is 3. The van der Waals surface area contributed by atoms with Crippen molar-refractivity contribution in [3.63, 3.8) is 0 Å². The van der Waals surface area contributed by atoms with Crippen LogP contribution in [0, 0.1) is 12.3 Å². The molecule has 0 aliphatic carbocycles. The van der Waals surface area contributed by atoms with Gasteiger partial charge in [-0.05, 0) is 38.3 Å². The Morgan fingerprint density at radius 1 is 1.35 bits per heavy atom. The first-order valence-electron chi connectivity index (χ1n) is 7.14. The van der Waals surface area contributed by atoms with Crippen LogP contribution < -0.4 is 5.73 Å². The molecule has 1 aromatic rings. The Balaban J connectivity index is 2.03. The lowest BCUT2D eigenvalue weighted by Gasteiger charge is -2.39. The number of likely N-dealkylation sites (tertiary alicyclic amines) is 1. The van der Waals surface area contributed by atoms with Crippen LogP contribution in [0.15, 0.2) is 12.1 Å². The molecule has 0 aromatic carbocycles. The lowest BCUT2D eigenvalue weighted by molar-refractivity contribution is -0.130. The molecule has 20 heavy (non-hydrogen) atoms. The van der Waals surface area contributed by atoms with Crippen molar-refractivity contribution in [2.45, 2.75) is 39.5 Å². The summed E-state index contributed by atoms with van der Waals surface area (Å²) in [6, 6.07) is 3.84. The third-order valence-corrected chi connectivity index (χ3v) is 5.20. The Morgan fingerprint density at radius 2 is 2.00 bits per heavy atom. The van der Waals surface area contributed by atoms with E-state index in [1.807, 2.05) is 24.0 Å². The van der Waals surface area contributed by atoms with Gasteiger partial charge in [0.2, 0.25) is 5.91 Å². The van der Waals surface area contributed by atoms with Gasteiger partial charge >= 0.3 is 0 Å². The molecule has 1 saturated heterocycles. The molecule has 2 N–H and O–H groups in total. The number of piperidine rings is 1. The number of nitrogens with two attached hydrogens (primary N) is 1. The summed E-state index contributed by atoms with van der Waals surface area (Å²) in [5.41, 5.74) is 5.18.